The normalized spacial score (nSPS) is 10.2. The Kier molecular flexibility index (Phi) is 4.67. The van der Waals surface area contributed by atoms with Crippen molar-refractivity contribution in [1.82, 2.24) is 0 Å². The van der Waals surface area contributed by atoms with Gasteiger partial charge < -0.3 is 10.6 Å². The summed E-state index contributed by atoms with van der Waals surface area (Å²) in [6, 6.07) is 14.0. The third-order valence-electron chi connectivity index (χ3n) is 3.29. The van der Waals surface area contributed by atoms with Gasteiger partial charge in [-0.2, -0.15) is 11.3 Å². The fraction of sp³-hybridized carbons (Fsp3) is 0. The van der Waals surface area contributed by atoms with Gasteiger partial charge >= 0.3 is 0 Å². The number of hydrogen-bond acceptors (Lipinski definition) is 3. The molecule has 0 saturated heterocycles. The Morgan fingerprint density at radius 3 is 2.50 bits per heavy atom. The Hall–Kier alpha value is -2.99. The standard InChI is InChI=1S/C18H13FN2O2S/c19-13-4-3-5-14(10-13)20-18(23)15-6-1-2-7-16(15)21-17(22)12-8-9-24-11-12/h1-11H,(H,20,23)(H,21,22). The summed E-state index contributed by atoms with van der Waals surface area (Å²) >= 11 is 1.42. The zero-order valence-electron chi connectivity index (χ0n) is 12.5. The lowest BCUT2D eigenvalue weighted by molar-refractivity contribution is 0.102. The summed E-state index contributed by atoms with van der Waals surface area (Å²) in [5.74, 6) is -1.16. The molecule has 0 bridgehead atoms. The van der Waals surface area contributed by atoms with Crippen LogP contribution in [-0.4, -0.2) is 11.8 Å². The van der Waals surface area contributed by atoms with E-state index >= 15 is 0 Å². The van der Waals surface area contributed by atoms with Gasteiger partial charge in [0, 0.05) is 11.1 Å². The molecule has 24 heavy (non-hydrogen) atoms. The monoisotopic (exact) mass is 340 g/mol. The van der Waals surface area contributed by atoms with E-state index in [1.165, 1.54) is 29.5 Å². The highest BCUT2D eigenvalue weighted by Crippen LogP contribution is 2.19. The first-order valence-electron chi connectivity index (χ1n) is 7.13. The molecule has 1 aromatic heterocycles. The number of carbonyl (C=O) groups is 2. The molecule has 0 saturated carbocycles. The summed E-state index contributed by atoms with van der Waals surface area (Å²) in [5.41, 5.74) is 1.56. The molecule has 3 rings (SSSR count). The van der Waals surface area contributed by atoms with Gasteiger partial charge in [-0.05, 0) is 41.8 Å². The number of para-hydroxylation sites is 1. The molecule has 0 radical (unpaired) electrons. The lowest BCUT2D eigenvalue weighted by atomic mass is 10.1. The van der Waals surface area contributed by atoms with Crippen LogP contribution >= 0.6 is 11.3 Å². The molecule has 0 aliphatic heterocycles. The molecule has 0 aliphatic rings. The van der Waals surface area contributed by atoms with Crippen molar-refractivity contribution in [1.29, 1.82) is 0 Å². The van der Waals surface area contributed by atoms with Crippen molar-refractivity contribution in [2.45, 2.75) is 0 Å². The molecule has 2 amide bonds. The molecule has 0 aliphatic carbocycles. The van der Waals surface area contributed by atoms with Crippen LogP contribution in [0.2, 0.25) is 0 Å². The summed E-state index contributed by atoms with van der Waals surface area (Å²) in [5, 5.41) is 8.87. The van der Waals surface area contributed by atoms with E-state index in [0.29, 0.717) is 22.5 Å². The Bertz CT molecular complexity index is 878. The number of benzene rings is 2. The molecule has 6 heteroatoms. The van der Waals surface area contributed by atoms with Crippen molar-refractivity contribution in [3.05, 3.63) is 82.3 Å². The number of anilines is 2. The smallest absolute Gasteiger partial charge is 0.257 e. The summed E-state index contributed by atoms with van der Waals surface area (Å²) < 4.78 is 13.2. The third-order valence-corrected chi connectivity index (χ3v) is 3.97. The zero-order valence-corrected chi connectivity index (χ0v) is 13.3. The molecule has 0 fully saturated rings. The first kappa shape index (κ1) is 15.9. The first-order chi connectivity index (χ1) is 11.6. The number of nitrogens with one attached hydrogen (secondary N) is 2. The van der Waals surface area contributed by atoms with Crippen LogP contribution in [0.4, 0.5) is 15.8 Å². The molecule has 0 spiro atoms. The fourth-order valence-corrected chi connectivity index (χ4v) is 2.78. The minimum absolute atomic E-state index is 0.290. The molecular weight excluding hydrogens is 327 g/mol. The molecule has 4 nitrogen and oxygen atoms in total. The van der Waals surface area contributed by atoms with Crippen LogP contribution in [0, 0.1) is 5.82 Å². The van der Waals surface area contributed by atoms with E-state index in [0.717, 1.165) is 0 Å². The van der Waals surface area contributed by atoms with Gasteiger partial charge in [-0.1, -0.05) is 18.2 Å². The van der Waals surface area contributed by atoms with E-state index in [-0.39, 0.29) is 5.91 Å². The lowest BCUT2D eigenvalue weighted by Gasteiger charge is -2.11. The highest BCUT2D eigenvalue weighted by Gasteiger charge is 2.14. The van der Waals surface area contributed by atoms with Gasteiger partial charge in [0.1, 0.15) is 5.82 Å². The van der Waals surface area contributed by atoms with E-state index < -0.39 is 11.7 Å². The quantitative estimate of drug-likeness (QED) is 0.740. The fourth-order valence-electron chi connectivity index (χ4n) is 2.14. The van der Waals surface area contributed by atoms with Gasteiger partial charge in [-0.25, -0.2) is 4.39 Å². The maximum atomic E-state index is 13.2. The number of halogens is 1. The Morgan fingerprint density at radius 1 is 0.917 bits per heavy atom. The van der Waals surface area contributed by atoms with E-state index in [2.05, 4.69) is 10.6 Å². The van der Waals surface area contributed by atoms with Crippen LogP contribution in [0.5, 0.6) is 0 Å². The van der Waals surface area contributed by atoms with Crippen molar-refractivity contribution >= 4 is 34.5 Å². The number of carbonyl (C=O) groups excluding carboxylic acids is 2. The van der Waals surface area contributed by atoms with Crippen LogP contribution in [0.25, 0.3) is 0 Å². The van der Waals surface area contributed by atoms with Gasteiger partial charge in [-0.15, -0.1) is 0 Å². The van der Waals surface area contributed by atoms with Gasteiger partial charge in [0.25, 0.3) is 11.8 Å². The number of rotatable bonds is 4. The van der Waals surface area contributed by atoms with E-state index in [4.69, 9.17) is 0 Å². The lowest BCUT2D eigenvalue weighted by Crippen LogP contribution is -2.18. The second-order valence-corrected chi connectivity index (χ2v) is 5.76. The average Bonchev–Trinajstić information content (AvgIpc) is 3.10. The predicted molar refractivity (Wildman–Crippen MR) is 93.1 cm³/mol. The minimum Gasteiger partial charge on any atom is -0.322 e. The first-order valence-corrected chi connectivity index (χ1v) is 8.07. The summed E-state index contributed by atoms with van der Waals surface area (Å²) in [6.45, 7) is 0. The van der Waals surface area contributed by atoms with Crippen molar-refractivity contribution in [2.24, 2.45) is 0 Å². The SMILES string of the molecule is O=C(Nc1ccccc1C(=O)Nc1cccc(F)c1)c1ccsc1. The molecule has 3 aromatic rings. The largest absolute Gasteiger partial charge is 0.322 e. The van der Waals surface area contributed by atoms with E-state index in [1.54, 1.807) is 47.2 Å². The Morgan fingerprint density at radius 2 is 1.75 bits per heavy atom. The number of hydrogen-bond donors (Lipinski definition) is 2. The maximum absolute atomic E-state index is 13.2. The van der Waals surface area contributed by atoms with Gasteiger partial charge in [0.2, 0.25) is 0 Å². The number of thiophene rings is 1. The molecule has 0 atom stereocenters. The maximum Gasteiger partial charge on any atom is 0.257 e. The highest BCUT2D eigenvalue weighted by molar-refractivity contribution is 7.08. The topological polar surface area (TPSA) is 58.2 Å². The zero-order chi connectivity index (χ0) is 16.9. The Labute approximate surface area is 142 Å². The van der Waals surface area contributed by atoms with Gasteiger partial charge in [0.15, 0.2) is 0 Å². The van der Waals surface area contributed by atoms with Crippen LogP contribution < -0.4 is 10.6 Å². The molecule has 0 unspecified atom stereocenters. The van der Waals surface area contributed by atoms with Crippen molar-refractivity contribution in [2.75, 3.05) is 10.6 Å². The molecule has 120 valence electrons. The van der Waals surface area contributed by atoms with Crippen molar-refractivity contribution in [3.8, 4) is 0 Å². The molecule has 2 N–H and O–H groups in total. The third kappa shape index (κ3) is 3.67. The van der Waals surface area contributed by atoms with Gasteiger partial charge in [0.05, 0.1) is 16.8 Å². The Balaban J connectivity index is 1.80. The van der Waals surface area contributed by atoms with Crippen LogP contribution in [0.3, 0.4) is 0 Å². The molecule has 1 heterocycles. The molecule has 2 aromatic carbocycles. The second-order valence-electron chi connectivity index (χ2n) is 4.98. The minimum atomic E-state index is -0.438. The second kappa shape index (κ2) is 7.06. The van der Waals surface area contributed by atoms with Crippen LogP contribution in [-0.2, 0) is 0 Å². The summed E-state index contributed by atoms with van der Waals surface area (Å²) in [7, 11) is 0. The van der Waals surface area contributed by atoms with Crippen molar-refractivity contribution in [3.63, 3.8) is 0 Å². The molecular formula is C18H13FN2O2S. The summed E-state index contributed by atoms with van der Waals surface area (Å²) in [4.78, 5) is 24.6. The van der Waals surface area contributed by atoms with Crippen LogP contribution in [0.15, 0.2) is 65.4 Å². The average molecular weight is 340 g/mol. The predicted octanol–water partition coefficient (Wildman–Crippen LogP) is 4.39. The van der Waals surface area contributed by atoms with Gasteiger partial charge in [-0.3, -0.25) is 9.59 Å². The highest BCUT2D eigenvalue weighted by atomic mass is 32.1. The summed E-state index contributed by atoms with van der Waals surface area (Å²) in [6.07, 6.45) is 0. The van der Waals surface area contributed by atoms with E-state index in [9.17, 15) is 14.0 Å². The number of amides is 2. The van der Waals surface area contributed by atoms with Crippen molar-refractivity contribution < 1.29 is 14.0 Å². The van der Waals surface area contributed by atoms with Crippen LogP contribution in [0.1, 0.15) is 20.7 Å². The van der Waals surface area contributed by atoms with E-state index in [1.807, 2.05) is 0 Å².